The predicted octanol–water partition coefficient (Wildman–Crippen LogP) is 3.73. The minimum absolute atomic E-state index is 0.108. The summed E-state index contributed by atoms with van der Waals surface area (Å²) in [6.07, 6.45) is 3.22. The first-order valence-electron chi connectivity index (χ1n) is 8.06. The van der Waals surface area contributed by atoms with Crippen LogP contribution < -0.4 is 5.32 Å². The minimum Gasteiger partial charge on any atom is -0.352 e. The van der Waals surface area contributed by atoms with Crippen molar-refractivity contribution >= 4 is 17.5 Å². The molecule has 1 fully saturated rings. The maximum Gasteiger partial charge on any atom is 0.224 e. The van der Waals surface area contributed by atoms with E-state index in [2.05, 4.69) is 43.4 Å². The van der Waals surface area contributed by atoms with E-state index in [1.165, 1.54) is 11.1 Å². The largest absolute Gasteiger partial charge is 0.352 e. The van der Waals surface area contributed by atoms with Gasteiger partial charge in [0.25, 0.3) is 0 Å². The number of rotatable bonds is 5. The molecule has 0 heterocycles. The zero-order valence-electron chi connectivity index (χ0n) is 12.8. The normalized spacial score (nSPS) is 27.7. The topological polar surface area (TPSA) is 29.1 Å². The summed E-state index contributed by atoms with van der Waals surface area (Å²) < 4.78 is 0. The van der Waals surface area contributed by atoms with Crippen molar-refractivity contribution in [3.05, 3.63) is 35.4 Å². The SMILES string of the molecule is CC(C)CC(CCl)NC(=O)C1C2CCc3ccccc3C21. The third-order valence-electron chi connectivity index (χ3n) is 4.92. The van der Waals surface area contributed by atoms with Gasteiger partial charge in [0.05, 0.1) is 0 Å². The Balaban J connectivity index is 1.66. The van der Waals surface area contributed by atoms with Crippen LogP contribution in [0.25, 0.3) is 0 Å². The number of hydrogen-bond acceptors (Lipinski definition) is 1. The summed E-state index contributed by atoms with van der Waals surface area (Å²) in [4.78, 5) is 12.6. The van der Waals surface area contributed by atoms with Crippen molar-refractivity contribution in [3.63, 3.8) is 0 Å². The molecule has 114 valence electrons. The number of fused-ring (bicyclic) bond motifs is 3. The highest BCUT2D eigenvalue weighted by Gasteiger charge is 2.57. The highest BCUT2D eigenvalue weighted by molar-refractivity contribution is 6.18. The van der Waals surface area contributed by atoms with E-state index in [0.717, 1.165) is 19.3 Å². The van der Waals surface area contributed by atoms with Crippen molar-refractivity contribution in [1.82, 2.24) is 5.32 Å². The maximum absolute atomic E-state index is 12.6. The molecule has 2 aliphatic carbocycles. The molecule has 21 heavy (non-hydrogen) atoms. The van der Waals surface area contributed by atoms with Crippen LogP contribution in [0.5, 0.6) is 0 Å². The molecular formula is C18H24ClNO. The van der Waals surface area contributed by atoms with Crippen molar-refractivity contribution < 1.29 is 4.79 Å². The molecule has 1 N–H and O–H groups in total. The summed E-state index contributed by atoms with van der Waals surface area (Å²) >= 11 is 6.00. The summed E-state index contributed by atoms with van der Waals surface area (Å²) in [6, 6.07) is 8.71. The Morgan fingerprint density at radius 2 is 2.14 bits per heavy atom. The van der Waals surface area contributed by atoms with E-state index in [1.54, 1.807) is 0 Å². The fraction of sp³-hybridized carbons (Fsp3) is 0.611. The van der Waals surface area contributed by atoms with E-state index in [4.69, 9.17) is 11.6 Å². The second kappa shape index (κ2) is 6.00. The number of nitrogens with one attached hydrogen (secondary N) is 1. The molecule has 3 rings (SSSR count). The molecule has 1 amide bonds. The number of amides is 1. The molecule has 0 aliphatic heterocycles. The summed E-state index contributed by atoms with van der Waals surface area (Å²) in [5.41, 5.74) is 2.84. The van der Waals surface area contributed by atoms with Crippen LogP contribution in [0.4, 0.5) is 0 Å². The van der Waals surface area contributed by atoms with Gasteiger partial charge in [-0.05, 0) is 48.1 Å². The van der Waals surface area contributed by atoms with Crippen molar-refractivity contribution in [2.75, 3.05) is 5.88 Å². The molecule has 1 saturated carbocycles. The van der Waals surface area contributed by atoms with Crippen LogP contribution in [0, 0.1) is 17.8 Å². The molecule has 4 unspecified atom stereocenters. The lowest BCUT2D eigenvalue weighted by Crippen LogP contribution is -2.38. The number of halogens is 1. The van der Waals surface area contributed by atoms with Crippen molar-refractivity contribution in [2.45, 2.75) is 45.1 Å². The molecular weight excluding hydrogens is 282 g/mol. The summed E-state index contributed by atoms with van der Waals surface area (Å²) in [5.74, 6) is 2.44. The van der Waals surface area contributed by atoms with E-state index in [1.807, 2.05) is 0 Å². The van der Waals surface area contributed by atoms with Crippen molar-refractivity contribution in [1.29, 1.82) is 0 Å². The number of carbonyl (C=O) groups excluding carboxylic acids is 1. The van der Waals surface area contributed by atoms with E-state index >= 15 is 0 Å². The molecule has 4 atom stereocenters. The lowest BCUT2D eigenvalue weighted by atomic mass is 9.92. The Labute approximate surface area is 132 Å². The molecule has 1 aromatic rings. The quantitative estimate of drug-likeness (QED) is 0.825. The molecule has 0 radical (unpaired) electrons. The Kier molecular flexibility index (Phi) is 4.26. The second-order valence-corrected chi connectivity index (χ2v) is 7.25. The molecule has 0 saturated heterocycles. The van der Waals surface area contributed by atoms with Crippen molar-refractivity contribution in [3.8, 4) is 0 Å². The average molecular weight is 306 g/mol. The molecule has 0 spiro atoms. The van der Waals surface area contributed by atoms with Gasteiger partial charge in [0.1, 0.15) is 0 Å². The van der Waals surface area contributed by atoms with Crippen LogP contribution in [0.3, 0.4) is 0 Å². The first-order valence-corrected chi connectivity index (χ1v) is 8.59. The fourth-order valence-electron chi connectivity index (χ4n) is 3.95. The molecule has 2 nitrogen and oxygen atoms in total. The Morgan fingerprint density at radius 3 is 2.86 bits per heavy atom. The van der Waals surface area contributed by atoms with E-state index in [-0.39, 0.29) is 17.9 Å². The smallest absolute Gasteiger partial charge is 0.224 e. The first kappa shape index (κ1) is 14.9. The van der Waals surface area contributed by atoms with E-state index in [9.17, 15) is 4.79 Å². The third kappa shape index (κ3) is 2.96. The van der Waals surface area contributed by atoms with Gasteiger partial charge in [0, 0.05) is 17.8 Å². The number of carbonyl (C=O) groups is 1. The van der Waals surface area contributed by atoms with Crippen LogP contribution in [-0.4, -0.2) is 17.8 Å². The molecule has 3 heteroatoms. The van der Waals surface area contributed by atoms with Gasteiger partial charge in [-0.2, -0.15) is 0 Å². The summed E-state index contributed by atoms with van der Waals surface area (Å²) in [5, 5.41) is 3.18. The molecule has 2 aliphatic rings. The monoisotopic (exact) mass is 305 g/mol. The second-order valence-electron chi connectivity index (χ2n) is 6.94. The molecule has 1 aromatic carbocycles. The van der Waals surface area contributed by atoms with Crippen LogP contribution in [0.2, 0.25) is 0 Å². The average Bonchev–Trinajstić information content (AvgIpc) is 3.21. The number of hydrogen-bond donors (Lipinski definition) is 1. The zero-order chi connectivity index (χ0) is 15.0. The number of benzene rings is 1. The molecule has 0 bridgehead atoms. The Morgan fingerprint density at radius 1 is 1.38 bits per heavy atom. The van der Waals surface area contributed by atoms with Gasteiger partial charge in [-0.25, -0.2) is 0 Å². The van der Waals surface area contributed by atoms with E-state index in [0.29, 0.717) is 23.6 Å². The lowest BCUT2D eigenvalue weighted by molar-refractivity contribution is -0.123. The third-order valence-corrected chi connectivity index (χ3v) is 5.29. The van der Waals surface area contributed by atoms with Gasteiger partial charge in [-0.1, -0.05) is 38.1 Å². The fourth-order valence-corrected chi connectivity index (χ4v) is 4.15. The summed E-state index contributed by atoms with van der Waals surface area (Å²) in [7, 11) is 0. The highest BCUT2D eigenvalue weighted by atomic mass is 35.5. The standard InChI is InChI=1S/C18H24ClNO/c1-11(2)9-13(10-19)20-18(21)17-15-8-7-12-5-3-4-6-14(12)16(15)17/h3-6,11,13,15-17H,7-10H2,1-2H3,(H,20,21). The van der Waals surface area contributed by atoms with Crippen LogP contribution in [-0.2, 0) is 11.2 Å². The van der Waals surface area contributed by atoms with Gasteiger partial charge in [-0.3, -0.25) is 4.79 Å². The maximum atomic E-state index is 12.6. The van der Waals surface area contributed by atoms with Gasteiger partial charge in [0.15, 0.2) is 0 Å². The number of aryl methyl sites for hydroxylation is 1. The highest BCUT2D eigenvalue weighted by Crippen LogP contribution is 2.59. The van der Waals surface area contributed by atoms with Gasteiger partial charge in [-0.15, -0.1) is 11.6 Å². The van der Waals surface area contributed by atoms with Crippen LogP contribution in [0.1, 0.15) is 43.7 Å². The van der Waals surface area contributed by atoms with Crippen LogP contribution >= 0.6 is 11.6 Å². The van der Waals surface area contributed by atoms with Gasteiger partial charge >= 0.3 is 0 Å². The van der Waals surface area contributed by atoms with E-state index < -0.39 is 0 Å². The lowest BCUT2D eigenvalue weighted by Gasteiger charge is -2.18. The van der Waals surface area contributed by atoms with Crippen molar-refractivity contribution in [2.24, 2.45) is 17.8 Å². The van der Waals surface area contributed by atoms with Crippen LogP contribution in [0.15, 0.2) is 24.3 Å². The minimum atomic E-state index is 0.108. The molecule has 0 aromatic heterocycles. The Bertz CT molecular complexity index is 528. The van der Waals surface area contributed by atoms with Gasteiger partial charge < -0.3 is 5.32 Å². The van der Waals surface area contributed by atoms with Gasteiger partial charge in [0.2, 0.25) is 5.91 Å². The zero-order valence-corrected chi connectivity index (χ0v) is 13.6. The Hall–Kier alpha value is -1.02. The number of alkyl halides is 1. The first-order chi connectivity index (χ1) is 10.1. The summed E-state index contributed by atoms with van der Waals surface area (Å²) in [6.45, 7) is 4.33. The predicted molar refractivity (Wildman–Crippen MR) is 86.6 cm³/mol.